The highest BCUT2D eigenvalue weighted by atomic mass is 16.1. The van der Waals surface area contributed by atoms with Crippen LogP contribution in [0.3, 0.4) is 0 Å². The molecule has 0 amide bonds. The van der Waals surface area contributed by atoms with Crippen LogP contribution in [0.15, 0.2) is 72.0 Å². The molecule has 0 spiro atoms. The van der Waals surface area contributed by atoms with E-state index >= 15 is 0 Å². The molecule has 2 N–H and O–H groups in total. The number of benzene rings is 1. The maximum absolute atomic E-state index is 13.0. The fourth-order valence-electron chi connectivity index (χ4n) is 3.35. The molecule has 0 aliphatic rings. The molecule has 144 valence electrons. The zero-order chi connectivity index (χ0) is 20.1. The van der Waals surface area contributed by atoms with Gasteiger partial charge in [0.15, 0.2) is 5.82 Å². The molecule has 6 aromatic rings. The minimum Gasteiger partial charge on any atom is -0.323 e. The van der Waals surface area contributed by atoms with Crippen LogP contribution in [-0.4, -0.2) is 39.2 Å². The first-order valence-electron chi connectivity index (χ1n) is 9.16. The fourth-order valence-corrected chi connectivity index (χ4v) is 3.35. The number of nitrogens with zero attached hydrogens (tertiary/aromatic N) is 7. The molecule has 0 saturated heterocycles. The van der Waals surface area contributed by atoms with Crippen LogP contribution < -0.4 is 11.0 Å². The Morgan fingerprint density at radius 1 is 1.00 bits per heavy atom. The van der Waals surface area contributed by atoms with Crippen molar-refractivity contribution in [3.63, 3.8) is 0 Å². The number of hydrogen-bond donors (Lipinski definition) is 2. The Morgan fingerprint density at radius 2 is 1.87 bits per heavy atom. The molecule has 0 aliphatic carbocycles. The van der Waals surface area contributed by atoms with Crippen LogP contribution >= 0.6 is 0 Å². The summed E-state index contributed by atoms with van der Waals surface area (Å²) in [5.41, 5.74) is 5.84. The number of fused-ring (bicyclic) bond motifs is 4. The van der Waals surface area contributed by atoms with Gasteiger partial charge in [-0.25, -0.2) is 14.6 Å². The quantitative estimate of drug-likeness (QED) is 0.472. The summed E-state index contributed by atoms with van der Waals surface area (Å²) in [6.07, 6.45) is 6.49. The molecule has 10 heteroatoms. The van der Waals surface area contributed by atoms with Gasteiger partial charge in [-0.1, -0.05) is 12.1 Å². The number of anilines is 1. The van der Waals surface area contributed by atoms with Gasteiger partial charge in [0, 0.05) is 30.4 Å². The summed E-state index contributed by atoms with van der Waals surface area (Å²) >= 11 is 0. The van der Waals surface area contributed by atoms with Crippen molar-refractivity contribution in [2.45, 2.75) is 0 Å². The summed E-state index contributed by atoms with van der Waals surface area (Å²) in [7, 11) is 0. The largest absolute Gasteiger partial charge is 0.323 e. The fraction of sp³-hybridized carbons (Fsp3) is 0. The van der Waals surface area contributed by atoms with Crippen molar-refractivity contribution in [3.05, 3.63) is 77.6 Å². The molecule has 5 aromatic heterocycles. The van der Waals surface area contributed by atoms with E-state index in [2.05, 4.69) is 35.4 Å². The van der Waals surface area contributed by atoms with Crippen LogP contribution in [0.4, 0.5) is 5.95 Å². The summed E-state index contributed by atoms with van der Waals surface area (Å²) in [4.78, 5) is 33.4. The number of pyridine rings is 2. The number of aromatic amines is 1. The molecule has 0 bridgehead atoms. The Balaban J connectivity index is 1.45. The molecule has 30 heavy (non-hydrogen) atoms. The van der Waals surface area contributed by atoms with Crippen molar-refractivity contribution in [1.82, 2.24) is 39.2 Å². The lowest BCUT2D eigenvalue weighted by Crippen LogP contribution is -2.26. The normalized spacial score (nSPS) is 11.5. The van der Waals surface area contributed by atoms with Crippen LogP contribution in [0.2, 0.25) is 0 Å². The van der Waals surface area contributed by atoms with Crippen molar-refractivity contribution >= 4 is 33.7 Å². The van der Waals surface area contributed by atoms with E-state index in [1.165, 1.54) is 10.9 Å². The van der Waals surface area contributed by atoms with E-state index in [1.807, 2.05) is 36.4 Å². The lowest BCUT2D eigenvalue weighted by Gasteiger charge is -2.07. The van der Waals surface area contributed by atoms with E-state index in [1.54, 1.807) is 29.2 Å². The molecule has 0 radical (unpaired) electrons. The molecule has 0 saturated carbocycles. The summed E-state index contributed by atoms with van der Waals surface area (Å²) in [6, 6.07) is 13.1. The smallest absolute Gasteiger partial charge is 0.280 e. The Bertz CT molecular complexity index is 1560. The van der Waals surface area contributed by atoms with Gasteiger partial charge in [0.05, 0.1) is 21.9 Å². The first-order valence-corrected chi connectivity index (χ1v) is 9.16. The highest BCUT2D eigenvalue weighted by Gasteiger charge is 2.13. The van der Waals surface area contributed by atoms with Gasteiger partial charge >= 0.3 is 0 Å². The number of nitrogens with one attached hydrogen (secondary N) is 2. The topological polar surface area (TPSA) is 119 Å². The molecule has 0 atom stereocenters. The average molecular weight is 395 g/mol. The Hall–Kier alpha value is -4.60. The maximum atomic E-state index is 13.0. The van der Waals surface area contributed by atoms with Crippen molar-refractivity contribution in [3.8, 4) is 11.4 Å². The van der Waals surface area contributed by atoms with Gasteiger partial charge in [0.25, 0.3) is 11.3 Å². The SMILES string of the molecule is O=c1c2cnc3nc(-c4ccncc4)nn3c2ccn1Nc1nc2ccccc2[nH]1. The number of para-hydroxylation sites is 2. The number of hydrogen-bond acceptors (Lipinski definition) is 7. The van der Waals surface area contributed by atoms with Crippen molar-refractivity contribution in [2.24, 2.45) is 0 Å². The van der Waals surface area contributed by atoms with Crippen LogP contribution in [0, 0.1) is 0 Å². The third kappa shape index (κ3) is 2.51. The van der Waals surface area contributed by atoms with Crippen LogP contribution in [0.25, 0.3) is 39.1 Å². The van der Waals surface area contributed by atoms with Gasteiger partial charge in [0.2, 0.25) is 5.95 Å². The third-order valence-corrected chi connectivity index (χ3v) is 4.79. The minimum atomic E-state index is -0.275. The average Bonchev–Trinajstić information content (AvgIpc) is 3.40. The third-order valence-electron chi connectivity index (χ3n) is 4.79. The molecule has 5 heterocycles. The number of H-pyrrole nitrogens is 1. The Morgan fingerprint density at radius 3 is 2.73 bits per heavy atom. The van der Waals surface area contributed by atoms with E-state index in [-0.39, 0.29) is 5.56 Å². The monoisotopic (exact) mass is 395 g/mol. The summed E-state index contributed by atoms with van der Waals surface area (Å²) < 4.78 is 2.92. The van der Waals surface area contributed by atoms with Gasteiger partial charge in [0.1, 0.15) is 0 Å². The Labute approximate surface area is 167 Å². The first kappa shape index (κ1) is 16.4. The van der Waals surface area contributed by atoms with Crippen LogP contribution in [0.1, 0.15) is 0 Å². The molecule has 0 unspecified atom stereocenters. The van der Waals surface area contributed by atoms with Gasteiger partial charge in [-0.05, 0) is 30.3 Å². The van der Waals surface area contributed by atoms with Gasteiger partial charge in [-0.2, -0.15) is 9.50 Å². The van der Waals surface area contributed by atoms with E-state index in [0.29, 0.717) is 28.5 Å². The van der Waals surface area contributed by atoms with Crippen LogP contribution in [-0.2, 0) is 0 Å². The second-order valence-corrected chi connectivity index (χ2v) is 6.65. The molecule has 10 nitrogen and oxygen atoms in total. The van der Waals surface area contributed by atoms with Gasteiger partial charge in [-0.15, -0.1) is 5.10 Å². The van der Waals surface area contributed by atoms with Gasteiger partial charge < -0.3 is 4.98 Å². The van der Waals surface area contributed by atoms with Crippen molar-refractivity contribution < 1.29 is 0 Å². The molecule has 0 aliphatic heterocycles. The van der Waals surface area contributed by atoms with E-state index in [0.717, 1.165) is 16.6 Å². The molecule has 0 fully saturated rings. The first-order chi connectivity index (χ1) is 14.8. The summed E-state index contributed by atoms with van der Waals surface area (Å²) in [6.45, 7) is 0. The van der Waals surface area contributed by atoms with E-state index in [9.17, 15) is 4.79 Å². The second kappa shape index (κ2) is 6.21. The standard InChI is InChI=1S/C20H13N9O/c30-18-13-11-22-20-25-17(12-5-8-21-9-6-12)26-29(20)16(13)7-10-28(18)27-19-23-14-3-1-2-4-15(14)24-19/h1-11H,(H2,23,24,27). The predicted molar refractivity (Wildman–Crippen MR) is 111 cm³/mol. The summed E-state index contributed by atoms with van der Waals surface area (Å²) in [5, 5.41) is 4.93. The van der Waals surface area contributed by atoms with Crippen molar-refractivity contribution in [2.75, 3.05) is 5.43 Å². The number of rotatable bonds is 3. The predicted octanol–water partition coefficient (Wildman–Crippen LogP) is 2.25. The zero-order valence-corrected chi connectivity index (χ0v) is 15.4. The highest BCUT2D eigenvalue weighted by Crippen LogP contribution is 2.17. The zero-order valence-electron chi connectivity index (χ0n) is 15.4. The Kier molecular flexibility index (Phi) is 3.38. The van der Waals surface area contributed by atoms with Gasteiger partial charge in [-0.3, -0.25) is 15.2 Å². The molecule has 1 aromatic carbocycles. The second-order valence-electron chi connectivity index (χ2n) is 6.65. The van der Waals surface area contributed by atoms with Crippen molar-refractivity contribution in [1.29, 1.82) is 0 Å². The number of imidazole rings is 1. The van der Waals surface area contributed by atoms with Crippen LogP contribution in [0.5, 0.6) is 0 Å². The number of aromatic nitrogens is 8. The maximum Gasteiger partial charge on any atom is 0.280 e. The van der Waals surface area contributed by atoms with E-state index in [4.69, 9.17) is 0 Å². The van der Waals surface area contributed by atoms with E-state index < -0.39 is 0 Å². The minimum absolute atomic E-state index is 0.275. The molecular formula is C20H13N9O. The summed E-state index contributed by atoms with van der Waals surface area (Å²) in [5.74, 6) is 1.39. The lowest BCUT2D eigenvalue weighted by molar-refractivity contribution is 0.884. The highest BCUT2D eigenvalue weighted by molar-refractivity contribution is 5.80. The molecule has 6 rings (SSSR count). The molecular weight excluding hydrogens is 382 g/mol. The lowest BCUT2D eigenvalue weighted by atomic mass is 10.3.